The van der Waals surface area contributed by atoms with Crippen molar-refractivity contribution in [3.05, 3.63) is 82.4 Å². The molecule has 2 aromatic carbocycles. The molecule has 1 heterocycles. The zero-order valence-corrected chi connectivity index (χ0v) is 14.2. The predicted octanol–water partition coefficient (Wildman–Crippen LogP) is 3.79. The Labute approximate surface area is 153 Å². The molecule has 3 aromatic rings. The Kier molecular flexibility index (Phi) is 5.18. The minimum atomic E-state index is -0.468. The van der Waals surface area contributed by atoms with Crippen LogP contribution in [-0.4, -0.2) is 19.8 Å². The molecule has 0 atom stereocenters. The van der Waals surface area contributed by atoms with Gasteiger partial charge in [0.05, 0.1) is 23.4 Å². The summed E-state index contributed by atoms with van der Waals surface area (Å²) in [5.41, 5.74) is 1.80. The maximum atomic E-state index is 13.7. The molecular formula is C17H14FN5O2S. The highest BCUT2D eigenvalue weighted by atomic mass is 32.1. The molecule has 0 amide bonds. The molecule has 0 fully saturated rings. The van der Waals surface area contributed by atoms with E-state index in [0.717, 1.165) is 0 Å². The number of anilines is 2. The molecule has 0 spiro atoms. The Morgan fingerprint density at radius 1 is 1.15 bits per heavy atom. The maximum Gasteiger partial charge on any atom is 0.269 e. The van der Waals surface area contributed by atoms with E-state index in [2.05, 4.69) is 15.7 Å². The normalized spacial score (nSPS) is 10.3. The Bertz CT molecular complexity index is 942. The third-order valence-electron chi connectivity index (χ3n) is 3.52. The lowest BCUT2D eigenvalue weighted by atomic mass is 10.2. The molecule has 7 nitrogen and oxygen atoms in total. The summed E-state index contributed by atoms with van der Waals surface area (Å²) in [5.74, 6) is -0.284. The van der Waals surface area contributed by atoms with E-state index in [-0.39, 0.29) is 11.5 Å². The van der Waals surface area contributed by atoms with Crippen molar-refractivity contribution in [1.82, 2.24) is 9.78 Å². The molecule has 132 valence electrons. The van der Waals surface area contributed by atoms with Gasteiger partial charge in [0.15, 0.2) is 5.11 Å². The minimum absolute atomic E-state index is 0.00356. The van der Waals surface area contributed by atoms with Crippen molar-refractivity contribution < 1.29 is 9.31 Å². The van der Waals surface area contributed by atoms with Crippen molar-refractivity contribution >= 4 is 34.4 Å². The standard InChI is InChI=1S/C17H14FN5O2S/c18-16-4-2-1-3-12(16)10-22-11-14(9-19-22)21-17(26)20-13-5-7-15(8-6-13)23(24)25/h1-9,11H,10H2,(H2,20,21,26). The molecule has 9 heteroatoms. The first-order valence-corrected chi connectivity index (χ1v) is 8.00. The molecule has 0 bridgehead atoms. The van der Waals surface area contributed by atoms with Crippen LogP contribution in [0.4, 0.5) is 21.5 Å². The number of hydrogen-bond acceptors (Lipinski definition) is 4. The fourth-order valence-electron chi connectivity index (χ4n) is 2.28. The number of rotatable bonds is 5. The number of nitrogens with one attached hydrogen (secondary N) is 2. The Balaban J connectivity index is 1.59. The number of non-ortho nitro benzene ring substituents is 1. The van der Waals surface area contributed by atoms with Gasteiger partial charge in [-0.3, -0.25) is 14.8 Å². The first-order valence-electron chi connectivity index (χ1n) is 7.59. The van der Waals surface area contributed by atoms with E-state index < -0.39 is 4.92 Å². The van der Waals surface area contributed by atoms with Gasteiger partial charge in [-0.1, -0.05) is 18.2 Å². The lowest BCUT2D eigenvalue weighted by molar-refractivity contribution is -0.384. The largest absolute Gasteiger partial charge is 0.332 e. The average Bonchev–Trinajstić information content (AvgIpc) is 3.04. The molecule has 3 rings (SSSR count). The first kappa shape index (κ1) is 17.5. The van der Waals surface area contributed by atoms with E-state index in [9.17, 15) is 14.5 Å². The number of aromatic nitrogens is 2. The van der Waals surface area contributed by atoms with Gasteiger partial charge < -0.3 is 10.6 Å². The molecule has 0 aliphatic carbocycles. The highest BCUT2D eigenvalue weighted by Crippen LogP contribution is 2.16. The van der Waals surface area contributed by atoms with E-state index in [1.807, 2.05) is 0 Å². The zero-order chi connectivity index (χ0) is 18.5. The number of nitrogens with zero attached hydrogens (tertiary/aromatic N) is 3. The summed E-state index contributed by atoms with van der Waals surface area (Å²) in [4.78, 5) is 10.2. The highest BCUT2D eigenvalue weighted by molar-refractivity contribution is 7.80. The molecular weight excluding hydrogens is 357 g/mol. The van der Waals surface area contributed by atoms with Crippen LogP contribution in [0.25, 0.3) is 0 Å². The Morgan fingerprint density at radius 3 is 2.54 bits per heavy atom. The summed E-state index contributed by atoms with van der Waals surface area (Å²) < 4.78 is 15.3. The zero-order valence-electron chi connectivity index (χ0n) is 13.4. The first-order chi connectivity index (χ1) is 12.5. The van der Waals surface area contributed by atoms with Crippen LogP contribution in [-0.2, 0) is 6.54 Å². The molecule has 2 N–H and O–H groups in total. The van der Waals surface area contributed by atoms with Gasteiger partial charge in [-0.2, -0.15) is 5.10 Å². The van der Waals surface area contributed by atoms with Gasteiger partial charge in [0.1, 0.15) is 5.82 Å². The monoisotopic (exact) mass is 371 g/mol. The fourth-order valence-corrected chi connectivity index (χ4v) is 2.51. The van der Waals surface area contributed by atoms with Crippen LogP contribution < -0.4 is 10.6 Å². The predicted molar refractivity (Wildman–Crippen MR) is 101 cm³/mol. The van der Waals surface area contributed by atoms with Gasteiger partial charge in [-0.25, -0.2) is 4.39 Å². The molecule has 1 aromatic heterocycles. The number of nitro benzene ring substituents is 1. The molecule has 0 saturated heterocycles. The topological polar surface area (TPSA) is 85.0 Å². The second kappa shape index (κ2) is 7.70. The van der Waals surface area contributed by atoms with E-state index in [1.54, 1.807) is 47.4 Å². The van der Waals surface area contributed by atoms with Crippen LogP contribution in [0.1, 0.15) is 5.56 Å². The number of halogens is 1. The molecule has 0 saturated carbocycles. The summed E-state index contributed by atoms with van der Waals surface area (Å²) in [7, 11) is 0. The molecule has 0 radical (unpaired) electrons. The van der Waals surface area contributed by atoms with Gasteiger partial charge in [-0.05, 0) is 30.4 Å². The minimum Gasteiger partial charge on any atom is -0.332 e. The number of hydrogen-bond donors (Lipinski definition) is 2. The van der Waals surface area contributed by atoms with Crippen molar-refractivity contribution in [1.29, 1.82) is 0 Å². The van der Waals surface area contributed by atoms with Crippen molar-refractivity contribution in [2.75, 3.05) is 10.6 Å². The maximum absolute atomic E-state index is 13.7. The molecule has 0 unspecified atom stereocenters. The number of benzene rings is 2. The lowest BCUT2D eigenvalue weighted by Gasteiger charge is -2.08. The average molecular weight is 371 g/mol. The summed E-state index contributed by atoms with van der Waals surface area (Å²) in [6, 6.07) is 12.4. The summed E-state index contributed by atoms with van der Waals surface area (Å²) in [5, 5.41) is 21.0. The molecule has 0 aliphatic heterocycles. The number of thiocarbonyl (C=S) groups is 1. The van der Waals surface area contributed by atoms with E-state index >= 15 is 0 Å². The van der Waals surface area contributed by atoms with E-state index in [4.69, 9.17) is 12.2 Å². The summed E-state index contributed by atoms with van der Waals surface area (Å²) >= 11 is 5.21. The highest BCUT2D eigenvalue weighted by Gasteiger charge is 2.07. The van der Waals surface area contributed by atoms with Gasteiger partial charge in [0.2, 0.25) is 0 Å². The summed E-state index contributed by atoms with van der Waals surface area (Å²) in [6.07, 6.45) is 3.28. The van der Waals surface area contributed by atoms with Gasteiger partial charge in [-0.15, -0.1) is 0 Å². The Hall–Kier alpha value is -3.33. The van der Waals surface area contributed by atoms with Crippen molar-refractivity contribution in [3.63, 3.8) is 0 Å². The second-order valence-corrected chi connectivity index (χ2v) is 5.81. The van der Waals surface area contributed by atoms with Crippen LogP contribution in [0.3, 0.4) is 0 Å². The lowest BCUT2D eigenvalue weighted by Crippen LogP contribution is -2.18. The third kappa shape index (κ3) is 4.39. The van der Waals surface area contributed by atoms with Crippen LogP contribution in [0.5, 0.6) is 0 Å². The van der Waals surface area contributed by atoms with Crippen LogP contribution in [0, 0.1) is 15.9 Å². The second-order valence-electron chi connectivity index (χ2n) is 5.40. The smallest absolute Gasteiger partial charge is 0.269 e. The van der Waals surface area contributed by atoms with E-state index in [1.165, 1.54) is 18.2 Å². The molecule has 26 heavy (non-hydrogen) atoms. The van der Waals surface area contributed by atoms with Crippen LogP contribution in [0.15, 0.2) is 60.9 Å². The van der Waals surface area contributed by atoms with Crippen molar-refractivity contribution in [2.45, 2.75) is 6.54 Å². The van der Waals surface area contributed by atoms with Gasteiger partial charge in [0, 0.05) is 29.6 Å². The quantitative estimate of drug-likeness (QED) is 0.403. The summed E-state index contributed by atoms with van der Waals surface area (Å²) in [6.45, 7) is 0.302. The molecule has 0 aliphatic rings. The van der Waals surface area contributed by atoms with E-state index in [0.29, 0.717) is 28.6 Å². The van der Waals surface area contributed by atoms with Crippen LogP contribution >= 0.6 is 12.2 Å². The van der Waals surface area contributed by atoms with Crippen molar-refractivity contribution in [3.8, 4) is 0 Å². The number of nitro groups is 1. The van der Waals surface area contributed by atoms with Crippen LogP contribution in [0.2, 0.25) is 0 Å². The SMILES string of the molecule is O=[N+]([O-])c1ccc(NC(=S)Nc2cnn(Cc3ccccc3F)c2)cc1. The fraction of sp³-hybridized carbons (Fsp3) is 0.0588. The van der Waals surface area contributed by atoms with Crippen molar-refractivity contribution in [2.24, 2.45) is 0 Å². The van der Waals surface area contributed by atoms with Gasteiger partial charge >= 0.3 is 0 Å². The third-order valence-corrected chi connectivity index (χ3v) is 3.72. The Morgan fingerprint density at radius 2 is 1.85 bits per heavy atom. The van der Waals surface area contributed by atoms with Gasteiger partial charge in [0.25, 0.3) is 5.69 Å².